The minimum Gasteiger partial charge on any atom is -0.609 e. The highest BCUT2D eigenvalue weighted by atomic mass is 35.5. The number of rotatable bonds is 4. The molecule has 4 N–H and O–H groups in total. The fourth-order valence-electron chi connectivity index (χ4n) is 2.34. The Labute approximate surface area is 155 Å². The normalized spacial score (nSPS) is 12.3. The summed E-state index contributed by atoms with van der Waals surface area (Å²) in [6.45, 7) is 0. The topological polar surface area (TPSA) is 127 Å². The molecule has 0 saturated heterocycles. The fourth-order valence-corrected chi connectivity index (χ4v) is 4.01. The van der Waals surface area contributed by atoms with Crippen LogP contribution >= 0.6 is 22.9 Å². The second-order valence-corrected chi connectivity index (χ2v) is 7.79. The number of nitrogen functional groups attached to an aromatic ring is 1. The van der Waals surface area contributed by atoms with Gasteiger partial charge in [-0.2, -0.15) is 9.97 Å². The molecule has 3 rings (SSSR count). The monoisotopic (exact) mass is 396 g/mol. The van der Waals surface area contributed by atoms with Gasteiger partial charge in [0, 0.05) is 21.8 Å². The summed E-state index contributed by atoms with van der Waals surface area (Å²) in [4.78, 5) is 20.8. The van der Waals surface area contributed by atoms with Crippen molar-refractivity contribution in [2.24, 2.45) is 5.73 Å². The minimum atomic E-state index is -1.43. The summed E-state index contributed by atoms with van der Waals surface area (Å²) in [6, 6.07) is 5.04. The zero-order valence-electron chi connectivity index (χ0n) is 13.2. The third kappa shape index (κ3) is 3.23. The zero-order valence-corrected chi connectivity index (χ0v) is 15.6. The first-order chi connectivity index (χ1) is 11.8. The molecule has 2 heterocycles. The van der Waals surface area contributed by atoms with E-state index in [-0.39, 0.29) is 15.7 Å². The molecule has 0 radical (unpaired) electrons. The SMILES string of the molecule is COc1cc(Cl)cc(-c2nc([S+](C)[O-])nc3sc(C(N)=O)c(N)c23)c1. The number of nitrogens with zero attached hydrogens (tertiary/aromatic N) is 2. The van der Waals surface area contributed by atoms with Crippen molar-refractivity contribution in [1.29, 1.82) is 0 Å². The first-order valence-electron chi connectivity index (χ1n) is 6.90. The molecule has 25 heavy (non-hydrogen) atoms. The molecule has 0 bridgehead atoms. The second-order valence-electron chi connectivity index (χ2n) is 5.08. The van der Waals surface area contributed by atoms with Crippen molar-refractivity contribution < 1.29 is 14.1 Å². The smallest absolute Gasteiger partial charge is 0.344 e. The maximum atomic E-state index is 11.9. The van der Waals surface area contributed by atoms with Crippen LogP contribution in [0.1, 0.15) is 9.67 Å². The number of aromatic nitrogens is 2. The number of hydrogen-bond donors (Lipinski definition) is 2. The van der Waals surface area contributed by atoms with Gasteiger partial charge >= 0.3 is 5.16 Å². The van der Waals surface area contributed by atoms with Crippen molar-refractivity contribution in [2.45, 2.75) is 5.16 Å². The Morgan fingerprint density at radius 1 is 1.36 bits per heavy atom. The number of methoxy groups -OCH3 is 1. The lowest BCUT2D eigenvalue weighted by Crippen LogP contribution is -2.10. The Hall–Kier alpha value is -2.07. The molecule has 1 amide bonds. The Morgan fingerprint density at radius 2 is 2.08 bits per heavy atom. The third-order valence-corrected chi connectivity index (χ3v) is 5.46. The number of benzene rings is 1. The Balaban J connectivity index is 2.39. The molecule has 2 aromatic heterocycles. The molecule has 0 aliphatic rings. The molecule has 0 saturated carbocycles. The summed E-state index contributed by atoms with van der Waals surface area (Å²) in [7, 11) is 1.52. The average Bonchev–Trinajstić information content (AvgIpc) is 2.90. The van der Waals surface area contributed by atoms with E-state index in [2.05, 4.69) is 9.97 Å². The predicted molar refractivity (Wildman–Crippen MR) is 99.7 cm³/mol. The second kappa shape index (κ2) is 6.68. The number of ether oxygens (including phenoxy) is 1. The first-order valence-corrected chi connectivity index (χ1v) is 9.65. The molecule has 0 spiro atoms. The van der Waals surface area contributed by atoms with Gasteiger partial charge in [-0.1, -0.05) is 11.6 Å². The number of carbonyl (C=O) groups excluding carboxylic acids is 1. The molecule has 1 unspecified atom stereocenters. The Bertz CT molecular complexity index is 991. The molecule has 10 heteroatoms. The van der Waals surface area contributed by atoms with E-state index < -0.39 is 17.1 Å². The molecule has 0 aliphatic heterocycles. The van der Waals surface area contributed by atoms with E-state index in [0.29, 0.717) is 32.2 Å². The van der Waals surface area contributed by atoms with Crippen LogP contribution in [0.15, 0.2) is 23.4 Å². The Morgan fingerprint density at radius 3 is 2.68 bits per heavy atom. The van der Waals surface area contributed by atoms with Crippen molar-refractivity contribution in [1.82, 2.24) is 9.97 Å². The molecular formula is C15H13ClN4O3S2. The highest BCUT2D eigenvalue weighted by Gasteiger charge is 2.23. The van der Waals surface area contributed by atoms with Crippen LogP contribution in [0, 0.1) is 0 Å². The number of hydrogen-bond acceptors (Lipinski definition) is 7. The molecule has 130 valence electrons. The van der Waals surface area contributed by atoms with E-state index in [4.69, 9.17) is 27.8 Å². The van der Waals surface area contributed by atoms with Gasteiger partial charge < -0.3 is 20.8 Å². The van der Waals surface area contributed by atoms with E-state index in [1.807, 2.05) is 0 Å². The quantitative estimate of drug-likeness (QED) is 0.515. The van der Waals surface area contributed by atoms with Gasteiger partial charge in [0.25, 0.3) is 5.91 Å². The molecule has 1 aromatic carbocycles. The van der Waals surface area contributed by atoms with Crippen molar-refractivity contribution in [3.63, 3.8) is 0 Å². The largest absolute Gasteiger partial charge is 0.609 e. The van der Waals surface area contributed by atoms with E-state index in [9.17, 15) is 9.35 Å². The number of anilines is 1. The predicted octanol–water partition coefficient (Wildman–Crippen LogP) is 2.44. The maximum absolute atomic E-state index is 11.9. The summed E-state index contributed by atoms with van der Waals surface area (Å²) in [5.74, 6) is -0.133. The van der Waals surface area contributed by atoms with Gasteiger partial charge in [0.1, 0.15) is 21.7 Å². The molecule has 1 atom stereocenters. The van der Waals surface area contributed by atoms with Crippen LogP contribution in [-0.2, 0) is 11.2 Å². The zero-order chi connectivity index (χ0) is 18.3. The maximum Gasteiger partial charge on any atom is 0.344 e. The van der Waals surface area contributed by atoms with Crippen LogP contribution in [0.25, 0.3) is 21.5 Å². The molecule has 0 aliphatic carbocycles. The van der Waals surface area contributed by atoms with Gasteiger partial charge in [-0.15, -0.1) is 11.3 Å². The van der Waals surface area contributed by atoms with Crippen LogP contribution in [0.5, 0.6) is 5.75 Å². The number of halogens is 1. The number of carbonyl (C=O) groups is 1. The molecular weight excluding hydrogens is 384 g/mol. The highest BCUT2D eigenvalue weighted by Crippen LogP contribution is 2.40. The van der Waals surface area contributed by atoms with Gasteiger partial charge in [0.15, 0.2) is 0 Å². The van der Waals surface area contributed by atoms with Crippen LogP contribution in [0.2, 0.25) is 5.02 Å². The van der Waals surface area contributed by atoms with Crippen molar-refractivity contribution in [3.05, 3.63) is 28.1 Å². The lowest BCUT2D eigenvalue weighted by molar-refractivity contribution is 0.100. The minimum absolute atomic E-state index is 0.124. The number of primary amides is 1. The third-order valence-electron chi connectivity index (χ3n) is 3.43. The lowest BCUT2D eigenvalue weighted by atomic mass is 10.1. The first kappa shape index (κ1) is 17.7. The van der Waals surface area contributed by atoms with Crippen LogP contribution in [-0.4, -0.2) is 33.8 Å². The lowest BCUT2D eigenvalue weighted by Gasteiger charge is -2.09. The van der Waals surface area contributed by atoms with E-state index in [1.54, 1.807) is 18.2 Å². The summed E-state index contributed by atoms with van der Waals surface area (Å²) in [5.41, 5.74) is 12.7. The molecule has 0 fully saturated rings. The van der Waals surface area contributed by atoms with Gasteiger partial charge in [-0.3, -0.25) is 4.79 Å². The number of thiophene rings is 1. The molecule has 7 nitrogen and oxygen atoms in total. The van der Waals surface area contributed by atoms with E-state index in [1.165, 1.54) is 13.4 Å². The van der Waals surface area contributed by atoms with Crippen molar-refractivity contribution in [3.8, 4) is 17.0 Å². The summed E-state index contributed by atoms with van der Waals surface area (Å²) >= 11 is 5.75. The van der Waals surface area contributed by atoms with Crippen LogP contribution in [0.4, 0.5) is 5.69 Å². The highest BCUT2D eigenvalue weighted by molar-refractivity contribution is 7.90. The van der Waals surface area contributed by atoms with E-state index >= 15 is 0 Å². The van der Waals surface area contributed by atoms with Gasteiger partial charge in [-0.25, -0.2) is 0 Å². The fraction of sp³-hybridized carbons (Fsp3) is 0.133. The van der Waals surface area contributed by atoms with Gasteiger partial charge in [0.05, 0.1) is 23.9 Å². The standard InChI is InChI=1S/C15H13ClN4O3S2/c1-23-8-4-6(3-7(16)5-8)11-9-10(17)12(13(18)21)24-14(9)20-15(19-11)25(2)22/h3-5H,17H2,1-2H3,(H2,18,21). The summed E-state index contributed by atoms with van der Waals surface area (Å²) in [5, 5.41) is 1.03. The summed E-state index contributed by atoms with van der Waals surface area (Å²) < 4.78 is 17.1. The number of nitrogens with two attached hydrogens (primary N) is 2. The number of fused-ring (bicyclic) bond motifs is 1. The van der Waals surface area contributed by atoms with E-state index in [0.717, 1.165) is 11.3 Å². The van der Waals surface area contributed by atoms with Gasteiger partial charge in [0.2, 0.25) is 0 Å². The van der Waals surface area contributed by atoms with Crippen LogP contribution in [0.3, 0.4) is 0 Å². The van der Waals surface area contributed by atoms with Crippen molar-refractivity contribution in [2.75, 3.05) is 19.1 Å². The van der Waals surface area contributed by atoms with Crippen molar-refractivity contribution >= 4 is 55.9 Å². The molecule has 3 aromatic rings. The Kier molecular flexibility index (Phi) is 4.74. The van der Waals surface area contributed by atoms with Crippen LogP contribution < -0.4 is 16.2 Å². The average molecular weight is 397 g/mol. The summed E-state index contributed by atoms with van der Waals surface area (Å²) in [6.07, 6.45) is 1.47. The number of amides is 1. The van der Waals surface area contributed by atoms with Gasteiger partial charge in [-0.05, 0) is 18.2 Å².